The second-order valence-electron chi connectivity index (χ2n) is 5.91. The first-order valence-corrected chi connectivity index (χ1v) is 8.52. The Morgan fingerprint density at radius 3 is 2.55 bits per heavy atom. The van der Waals surface area contributed by atoms with Crippen molar-refractivity contribution >= 4 is 11.6 Å². The van der Waals surface area contributed by atoms with Crippen LogP contribution in [0.3, 0.4) is 0 Å². The van der Waals surface area contributed by atoms with Gasteiger partial charge in [0.2, 0.25) is 0 Å². The van der Waals surface area contributed by atoms with E-state index in [4.69, 9.17) is 5.73 Å². The number of rotatable bonds is 6. The summed E-state index contributed by atoms with van der Waals surface area (Å²) in [6.45, 7) is 0.265. The fourth-order valence-corrected chi connectivity index (χ4v) is 2.48. The summed E-state index contributed by atoms with van der Waals surface area (Å²) >= 11 is 0. The smallest absolute Gasteiger partial charge is 0.404 e. The van der Waals surface area contributed by atoms with Gasteiger partial charge in [0.1, 0.15) is 5.82 Å². The monoisotopic (exact) mass is 407 g/mol. The number of hydrogen-bond acceptors (Lipinski definition) is 3. The largest absolute Gasteiger partial charge is 0.573 e. The van der Waals surface area contributed by atoms with Crippen LogP contribution in [-0.4, -0.2) is 28.6 Å². The van der Waals surface area contributed by atoms with Crippen LogP contribution in [0.25, 0.3) is 5.69 Å². The number of nitrogens with zero attached hydrogens (tertiary/aromatic N) is 3. The van der Waals surface area contributed by atoms with Gasteiger partial charge in [0, 0.05) is 19.2 Å². The predicted octanol–water partition coefficient (Wildman–Crippen LogP) is 3.88. The number of guanidine groups is 1. The van der Waals surface area contributed by atoms with Crippen LogP contribution in [0, 0.1) is 5.82 Å². The van der Waals surface area contributed by atoms with E-state index in [0.29, 0.717) is 12.1 Å². The molecule has 0 atom stereocenters. The molecule has 0 spiro atoms. The Bertz CT molecular complexity index is 983. The average molecular weight is 407 g/mol. The van der Waals surface area contributed by atoms with E-state index in [2.05, 4.69) is 20.1 Å². The topological polar surface area (TPSA) is 77.5 Å². The van der Waals surface area contributed by atoms with E-state index < -0.39 is 12.1 Å². The van der Waals surface area contributed by atoms with Crippen LogP contribution >= 0.6 is 0 Å². The first-order valence-electron chi connectivity index (χ1n) is 8.52. The first kappa shape index (κ1) is 20.2. The molecule has 0 fully saturated rings. The maximum Gasteiger partial charge on any atom is 0.573 e. The van der Waals surface area contributed by atoms with Crippen molar-refractivity contribution in [3.05, 3.63) is 72.3 Å². The third kappa shape index (κ3) is 5.96. The number of benzene rings is 2. The second kappa shape index (κ2) is 8.63. The number of nitrogens with one attached hydrogen (secondary N) is 1. The Labute approximate surface area is 163 Å². The number of hydrogen-bond donors (Lipinski definition) is 2. The molecule has 0 radical (unpaired) electrons. The Balaban J connectivity index is 1.58. The van der Waals surface area contributed by atoms with Crippen LogP contribution < -0.4 is 15.8 Å². The van der Waals surface area contributed by atoms with Crippen molar-refractivity contribution in [1.29, 1.82) is 0 Å². The Morgan fingerprint density at radius 2 is 1.83 bits per heavy atom. The van der Waals surface area contributed by atoms with Gasteiger partial charge in [-0.25, -0.2) is 9.07 Å². The summed E-state index contributed by atoms with van der Waals surface area (Å²) in [4.78, 5) is 4.09. The van der Waals surface area contributed by atoms with Crippen molar-refractivity contribution in [3.8, 4) is 11.4 Å². The van der Waals surface area contributed by atoms with Gasteiger partial charge in [-0.15, -0.1) is 13.2 Å². The zero-order valence-corrected chi connectivity index (χ0v) is 15.0. The molecule has 1 heterocycles. The summed E-state index contributed by atoms with van der Waals surface area (Å²) in [5, 5.41) is 6.96. The SMILES string of the molecule is NC(=NCCc1ccn(-c2ccc(F)cc2)n1)Nc1ccccc1OC(F)(F)F. The van der Waals surface area contributed by atoms with Gasteiger partial charge >= 0.3 is 6.36 Å². The van der Waals surface area contributed by atoms with Crippen molar-refractivity contribution in [1.82, 2.24) is 9.78 Å². The van der Waals surface area contributed by atoms with Gasteiger partial charge in [0.15, 0.2) is 11.7 Å². The van der Waals surface area contributed by atoms with Crippen molar-refractivity contribution in [2.75, 3.05) is 11.9 Å². The van der Waals surface area contributed by atoms with Crippen molar-refractivity contribution in [3.63, 3.8) is 0 Å². The summed E-state index contributed by atoms with van der Waals surface area (Å²) in [7, 11) is 0. The fraction of sp³-hybridized carbons (Fsp3) is 0.158. The lowest BCUT2D eigenvalue weighted by Crippen LogP contribution is -2.24. The molecule has 0 aliphatic rings. The summed E-state index contributed by atoms with van der Waals surface area (Å²) in [5.74, 6) is -0.793. The van der Waals surface area contributed by atoms with Crippen LogP contribution in [0.5, 0.6) is 5.75 Å². The summed E-state index contributed by atoms with van der Waals surface area (Å²) < 4.78 is 55.9. The predicted molar refractivity (Wildman–Crippen MR) is 100 cm³/mol. The lowest BCUT2D eigenvalue weighted by Gasteiger charge is -2.14. The van der Waals surface area contributed by atoms with E-state index in [1.807, 2.05) is 0 Å². The summed E-state index contributed by atoms with van der Waals surface area (Å²) in [5.41, 5.74) is 7.24. The van der Waals surface area contributed by atoms with Crippen molar-refractivity contribution < 1.29 is 22.3 Å². The number of para-hydroxylation sites is 2. The van der Waals surface area contributed by atoms with Crippen LogP contribution in [-0.2, 0) is 6.42 Å². The molecule has 152 valence electrons. The molecular formula is C19H17F4N5O. The Morgan fingerprint density at radius 1 is 1.10 bits per heavy atom. The van der Waals surface area contributed by atoms with E-state index in [-0.39, 0.29) is 24.0 Å². The Hall–Kier alpha value is -3.56. The fourth-order valence-electron chi connectivity index (χ4n) is 2.48. The average Bonchev–Trinajstić information content (AvgIpc) is 3.12. The molecule has 1 aromatic heterocycles. The number of aliphatic imine (C=N–C) groups is 1. The number of nitrogens with two attached hydrogens (primary N) is 1. The van der Waals surface area contributed by atoms with Gasteiger partial charge in [-0.05, 0) is 42.5 Å². The normalized spacial score (nSPS) is 12.1. The number of ether oxygens (including phenoxy) is 1. The molecule has 0 aliphatic heterocycles. The highest BCUT2D eigenvalue weighted by atomic mass is 19.4. The second-order valence-corrected chi connectivity index (χ2v) is 5.91. The summed E-state index contributed by atoms with van der Waals surface area (Å²) in [6, 6.07) is 13.2. The molecule has 2 aromatic carbocycles. The molecule has 10 heteroatoms. The zero-order chi connectivity index (χ0) is 20.9. The number of anilines is 1. The van der Waals surface area contributed by atoms with E-state index >= 15 is 0 Å². The van der Waals surface area contributed by atoms with Gasteiger partial charge in [-0.3, -0.25) is 4.99 Å². The van der Waals surface area contributed by atoms with Crippen LogP contribution in [0.1, 0.15) is 5.69 Å². The standard InChI is InChI=1S/C19H17F4N5O/c20-13-5-7-15(8-6-13)28-12-10-14(27-28)9-11-25-18(24)26-16-3-1-2-4-17(16)29-19(21,22)23/h1-8,10,12H,9,11H2,(H3,24,25,26). The van der Waals surface area contributed by atoms with E-state index in [1.165, 1.54) is 30.3 Å². The lowest BCUT2D eigenvalue weighted by molar-refractivity contribution is -0.274. The van der Waals surface area contributed by atoms with Gasteiger partial charge < -0.3 is 15.8 Å². The van der Waals surface area contributed by atoms with Crippen molar-refractivity contribution in [2.45, 2.75) is 12.8 Å². The number of alkyl halides is 3. The molecule has 0 saturated carbocycles. The van der Waals surface area contributed by atoms with Gasteiger partial charge in [-0.2, -0.15) is 5.10 Å². The van der Waals surface area contributed by atoms with Gasteiger partial charge in [0.25, 0.3) is 0 Å². The van der Waals surface area contributed by atoms with Crippen molar-refractivity contribution in [2.24, 2.45) is 10.7 Å². The highest BCUT2D eigenvalue weighted by Crippen LogP contribution is 2.29. The Kier molecular flexibility index (Phi) is 6.01. The van der Waals surface area contributed by atoms with E-state index in [1.54, 1.807) is 35.1 Å². The molecule has 0 unspecified atom stereocenters. The molecule has 3 N–H and O–H groups in total. The van der Waals surface area contributed by atoms with Gasteiger partial charge in [-0.1, -0.05) is 12.1 Å². The lowest BCUT2D eigenvalue weighted by atomic mass is 10.3. The van der Waals surface area contributed by atoms with Crippen LogP contribution in [0.4, 0.5) is 23.2 Å². The number of halogens is 4. The third-order valence-electron chi connectivity index (χ3n) is 3.76. The minimum atomic E-state index is -4.81. The highest BCUT2D eigenvalue weighted by Gasteiger charge is 2.32. The quantitative estimate of drug-likeness (QED) is 0.369. The molecule has 0 saturated heterocycles. The molecule has 0 aliphatic carbocycles. The zero-order valence-electron chi connectivity index (χ0n) is 15.0. The molecular weight excluding hydrogens is 390 g/mol. The highest BCUT2D eigenvalue weighted by molar-refractivity contribution is 5.93. The van der Waals surface area contributed by atoms with E-state index in [0.717, 1.165) is 5.69 Å². The number of aromatic nitrogens is 2. The molecule has 29 heavy (non-hydrogen) atoms. The van der Waals surface area contributed by atoms with Crippen LogP contribution in [0.15, 0.2) is 65.8 Å². The summed E-state index contributed by atoms with van der Waals surface area (Å²) in [6.07, 6.45) is -2.62. The minimum Gasteiger partial charge on any atom is -0.404 e. The minimum absolute atomic E-state index is 0.0478. The maximum atomic E-state index is 13.0. The maximum absolute atomic E-state index is 13.0. The molecule has 3 rings (SSSR count). The van der Waals surface area contributed by atoms with Gasteiger partial charge in [0.05, 0.1) is 17.1 Å². The molecule has 3 aromatic rings. The first-order chi connectivity index (χ1) is 13.8. The van der Waals surface area contributed by atoms with Crippen LogP contribution in [0.2, 0.25) is 0 Å². The third-order valence-corrected chi connectivity index (χ3v) is 3.76. The molecule has 6 nitrogen and oxygen atoms in total. The molecule has 0 amide bonds. The van der Waals surface area contributed by atoms with E-state index in [9.17, 15) is 17.6 Å². The molecule has 0 bridgehead atoms.